The van der Waals surface area contributed by atoms with E-state index in [1.807, 2.05) is 19.9 Å². The van der Waals surface area contributed by atoms with E-state index in [0.717, 1.165) is 30.1 Å². The first-order chi connectivity index (χ1) is 9.15. The molecule has 1 amide bonds. The van der Waals surface area contributed by atoms with Crippen molar-refractivity contribution in [3.8, 4) is 0 Å². The second kappa shape index (κ2) is 6.82. The SMILES string of the molecule is Cc1nc(C)c(CCC(=O)NCCc2cccs2)s1. The zero-order chi connectivity index (χ0) is 13.7. The van der Waals surface area contributed by atoms with Crippen molar-refractivity contribution >= 4 is 28.6 Å². The number of nitrogens with one attached hydrogen (secondary N) is 1. The van der Waals surface area contributed by atoms with E-state index in [2.05, 4.69) is 21.7 Å². The van der Waals surface area contributed by atoms with Crippen LogP contribution in [-0.2, 0) is 17.6 Å². The molecule has 0 spiro atoms. The molecule has 0 fully saturated rings. The van der Waals surface area contributed by atoms with Gasteiger partial charge in [-0.15, -0.1) is 22.7 Å². The molecule has 2 aromatic rings. The predicted octanol–water partition coefficient (Wildman–Crippen LogP) is 3.11. The van der Waals surface area contributed by atoms with E-state index in [4.69, 9.17) is 0 Å². The molecule has 0 radical (unpaired) electrons. The van der Waals surface area contributed by atoms with Crippen LogP contribution in [0.2, 0.25) is 0 Å². The van der Waals surface area contributed by atoms with Crippen LogP contribution in [0, 0.1) is 13.8 Å². The molecule has 0 bridgehead atoms. The van der Waals surface area contributed by atoms with Gasteiger partial charge >= 0.3 is 0 Å². The second-order valence-electron chi connectivity index (χ2n) is 4.42. The Morgan fingerprint density at radius 1 is 1.37 bits per heavy atom. The van der Waals surface area contributed by atoms with Crippen molar-refractivity contribution < 1.29 is 4.79 Å². The molecule has 0 aromatic carbocycles. The standard InChI is InChI=1S/C14H18N2OS2/c1-10-13(19-11(2)16-10)5-6-14(17)15-8-7-12-4-3-9-18-12/h3-4,9H,5-8H2,1-2H3,(H,15,17). The molecule has 0 unspecified atom stereocenters. The van der Waals surface area contributed by atoms with Gasteiger partial charge < -0.3 is 5.32 Å². The van der Waals surface area contributed by atoms with Crippen LogP contribution < -0.4 is 5.32 Å². The number of carbonyl (C=O) groups is 1. The third-order valence-electron chi connectivity index (χ3n) is 2.85. The fourth-order valence-electron chi connectivity index (χ4n) is 1.90. The van der Waals surface area contributed by atoms with Crippen LogP contribution in [0.25, 0.3) is 0 Å². The Bertz CT molecular complexity index is 532. The minimum Gasteiger partial charge on any atom is -0.356 e. The number of aromatic nitrogens is 1. The van der Waals surface area contributed by atoms with Gasteiger partial charge in [0.1, 0.15) is 0 Å². The number of thiazole rings is 1. The van der Waals surface area contributed by atoms with Crippen LogP contribution in [0.1, 0.15) is 26.9 Å². The lowest BCUT2D eigenvalue weighted by atomic mass is 10.2. The molecule has 5 heteroatoms. The lowest BCUT2D eigenvalue weighted by molar-refractivity contribution is -0.121. The summed E-state index contributed by atoms with van der Waals surface area (Å²) in [6.45, 7) is 4.73. The number of thiophene rings is 1. The lowest BCUT2D eigenvalue weighted by Crippen LogP contribution is -2.25. The zero-order valence-corrected chi connectivity index (χ0v) is 12.9. The molecule has 2 rings (SSSR count). The molecular formula is C14H18N2OS2. The summed E-state index contributed by atoms with van der Waals surface area (Å²) < 4.78 is 0. The van der Waals surface area contributed by atoms with Crippen LogP contribution in [0.4, 0.5) is 0 Å². The highest BCUT2D eigenvalue weighted by Crippen LogP contribution is 2.18. The molecule has 0 saturated carbocycles. The van der Waals surface area contributed by atoms with Gasteiger partial charge in [-0.25, -0.2) is 4.98 Å². The van der Waals surface area contributed by atoms with E-state index in [-0.39, 0.29) is 5.91 Å². The van der Waals surface area contributed by atoms with Crippen molar-refractivity contribution in [1.82, 2.24) is 10.3 Å². The average molecular weight is 294 g/mol. The maximum Gasteiger partial charge on any atom is 0.220 e. The van der Waals surface area contributed by atoms with Gasteiger partial charge in [0.25, 0.3) is 0 Å². The van der Waals surface area contributed by atoms with Crippen molar-refractivity contribution in [1.29, 1.82) is 0 Å². The van der Waals surface area contributed by atoms with Crippen LogP contribution in [0.15, 0.2) is 17.5 Å². The molecule has 0 aliphatic rings. The molecule has 0 aliphatic carbocycles. The minimum atomic E-state index is 0.127. The lowest BCUT2D eigenvalue weighted by Gasteiger charge is -2.03. The van der Waals surface area contributed by atoms with Gasteiger partial charge in [0, 0.05) is 22.7 Å². The Balaban J connectivity index is 1.68. The second-order valence-corrected chi connectivity index (χ2v) is 6.74. The van der Waals surface area contributed by atoms with Crippen molar-refractivity contribution in [3.63, 3.8) is 0 Å². The number of amides is 1. The Morgan fingerprint density at radius 3 is 2.84 bits per heavy atom. The Kier molecular flexibility index (Phi) is 5.10. The smallest absolute Gasteiger partial charge is 0.220 e. The van der Waals surface area contributed by atoms with Crippen molar-refractivity contribution in [3.05, 3.63) is 38.0 Å². The van der Waals surface area contributed by atoms with E-state index < -0.39 is 0 Å². The monoisotopic (exact) mass is 294 g/mol. The molecule has 2 heterocycles. The molecule has 0 aliphatic heterocycles. The highest BCUT2D eigenvalue weighted by molar-refractivity contribution is 7.11. The molecule has 102 valence electrons. The summed E-state index contributed by atoms with van der Waals surface area (Å²) in [7, 11) is 0. The van der Waals surface area contributed by atoms with E-state index in [9.17, 15) is 4.79 Å². The van der Waals surface area contributed by atoms with Gasteiger partial charge in [-0.05, 0) is 38.1 Å². The number of aryl methyl sites for hydroxylation is 3. The van der Waals surface area contributed by atoms with Gasteiger partial charge in [-0.3, -0.25) is 4.79 Å². The number of nitrogens with zero attached hydrogens (tertiary/aromatic N) is 1. The molecule has 2 aromatic heterocycles. The Labute approximate surface area is 121 Å². The Morgan fingerprint density at radius 2 is 2.21 bits per heavy atom. The van der Waals surface area contributed by atoms with Gasteiger partial charge in [0.05, 0.1) is 10.7 Å². The van der Waals surface area contributed by atoms with Gasteiger partial charge in [0.2, 0.25) is 5.91 Å². The average Bonchev–Trinajstić information content (AvgIpc) is 2.97. The van der Waals surface area contributed by atoms with Crippen LogP contribution >= 0.6 is 22.7 Å². The van der Waals surface area contributed by atoms with Gasteiger partial charge in [-0.1, -0.05) is 6.07 Å². The summed E-state index contributed by atoms with van der Waals surface area (Å²) in [5, 5.41) is 6.11. The van der Waals surface area contributed by atoms with E-state index in [1.54, 1.807) is 22.7 Å². The fraction of sp³-hybridized carbons (Fsp3) is 0.429. The topological polar surface area (TPSA) is 42.0 Å². The summed E-state index contributed by atoms with van der Waals surface area (Å²) in [5.74, 6) is 0.127. The summed E-state index contributed by atoms with van der Waals surface area (Å²) in [6.07, 6.45) is 2.26. The zero-order valence-electron chi connectivity index (χ0n) is 11.2. The van der Waals surface area contributed by atoms with Crippen molar-refractivity contribution in [2.24, 2.45) is 0 Å². The van der Waals surface area contributed by atoms with Crippen molar-refractivity contribution in [2.75, 3.05) is 6.54 Å². The van der Waals surface area contributed by atoms with Gasteiger partial charge in [-0.2, -0.15) is 0 Å². The van der Waals surface area contributed by atoms with Gasteiger partial charge in [0.15, 0.2) is 0 Å². The molecule has 0 atom stereocenters. The van der Waals surface area contributed by atoms with E-state index in [1.165, 1.54) is 9.75 Å². The fourth-order valence-corrected chi connectivity index (χ4v) is 3.55. The molecule has 0 saturated heterocycles. The first kappa shape index (κ1) is 14.2. The first-order valence-electron chi connectivity index (χ1n) is 6.37. The maximum atomic E-state index is 11.7. The number of rotatable bonds is 6. The third kappa shape index (κ3) is 4.44. The van der Waals surface area contributed by atoms with Crippen LogP contribution in [-0.4, -0.2) is 17.4 Å². The Hall–Kier alpha value is -1.20. The number of carbonyl (C=O) groups excluding carboxylic acids is 1. The highest BCUT2D eigenvalue weighted by atomic mass is 32.1. The number of hydrogen-bond donors (Lipinski definition) is 1. The summed E-state index contributed by atoms with van der Waals surface area (Å²) in [4.78, 5) is 18.7. The molecular weight excluding hydrogens is 276 g/mol. The highest BCUT2D eigenvalue weighted by Gasteiger charge is 2.07. The van der Waals surface area contributed by atoms with Crippen LogP contribution in [0.5, 0.6) is 0 Å². The quantitative estimate of drug-likeness (QED) is 0.889. The summed E-state index contributed by atoms with van der Waals surface area (Å²) in [5.41, 5.74) is 1.06. The molecule has 3 nitrogen and oxygen atoms in total. The third-order valence-corrected chi connectivity index (χ3v) is 4.92. The minimum absolute atomic E-state index is 0.127. The van der Waals surface area contributed by atoms with E-state index in [0.29, 0.717) is 6.42 Å². The molecule has 1 N–H and O–H groups in total. The largest absolute Gasteiger partial charge is 0.356 e. The van der Waals surface area contributed by atoms with Crippen LogP contribution in [0.3, 0.4) is 0 Å². The number of hydrogen-bond acceptors (Lipinski definition) is 4. The first-order valence-corrected chi connectivity index (χ1v) is 8.07. The maximum absolute atomic E-state index is 11.7. The predicted molar refractivity (Wildman–Crippen MR) is 80.9 cm³/mol. The summed E-state index contributed by atoms with van der Waals surface area (Å²) >= 11 is 3.42. The normalized spacial score (nSPS) is 10.6. The van der Waals surface area contributed by atoms with E-state index >= 15 is 0 Å². The van der Waals surface area contributed by atoms with Crippen molar-refractivity contribution in [2.45, 2.75) is 33.1 Å². The molecule has 19 heavy (non-hydrogen) atoms. The summed E-state index contributed by atoms with van der Waals surface area (Å²) in [6, 6.07) is 4.14.